The Labute approximate surface area is 115 Å². The van der Waals surface area contributed by atoms with Crippen molar-refractivity contribution in [1.82, 2.24) is 14.6 Å². The maximum Gasteiger partial charge on any atom is 0.216 e. The van der Waals surface area contributed by atoms with Gasteiger partial charge in [-0.1, -0.05) is 0 Å². The summed E-state index contributed by atoms with van der Waals surface area (Å²) in [5, 5.41) is 13.9. The van der Waals surface area contributed by atoms with E-state index in [0.29, 0.717) is 22.8 Å². The van der Waals surface area contributed by atoms with Crippen molar-refractivity contribution in [3.05, 3.63) is 36.5 Å². The van der Waals surface area contributed by atoms with E-state index in [0.717, 1.165) is 5.56 Å². The number of benzene rings is 1. The molecule has 0 saturated carbocycles. The number of hydrogen-bond donors (Lipinski definition) is 1. The fraction of sp³-hybridized carbons (Fsp3) is 0.143. The molecule has 0 saturated heterocycles. The fourth-order valence-corrected chi connectivity index (χ4v) is 2.04. The molecule has 20 heavy (non-hydrogen) atoms. The zero-order chi connectivity index (χ0) is 14.1. The molecule has 0 amide bonds. The molecular formula is C14H13N3O3. The third kappa shape index (κ3) is 1.91. The number of ether oxygens (including phenoxy) is 2. The molecule has 0 aliphatic heterocycles. The van der Waals surface area contributed by atoms with Gasteiger partial charge >= 0.3 is 0 Å². The van der Waals surface area contributed by atoms with Gasteiger partial charge in [0.05, 0.1) is 26.1 Å². The van der Waals surface area contributed by atoms with Crippen LogP contribution in [0.25, 0.3) is 16.9 Å². The molecule has 0 fully saturated rings. The lowest BCUT2D eigenvalue weighted by Gasteiger charge is -2.09. The van der Waals surface area contributed by atoms with E-state index in [9.17, 15) is 5.11 Å². The van der Waals surface area contributed by atoms with Crippen molar-refractivity contribution in [2.45, 2.75) is 0 Å². The maximum atomic E-state index is 9.93. The topological polar surface area (TPSA) is 68.9 Å². The lowest BCUT2D eigenvalue weighted by molar-refractivity contribution is 0.355. The van der Waals surface area contributed by atoms with Gasteiger partial charge in [-0.25, -0.2) is 4.98 Å². The molecule has 0 bridgehead atoms. The third-order valence-electron chi connectivity index (χ3n) is 3.02. The second-order valence-electron chi connectivity index (χ2n) is 4.17. The summed E-state index contributed by atoms with van der Waals surface area (Å²) < 4.78 is 11.8. The number of aromatic nitrogens is 3. The molecule has 0 atom stereocenters. The molecule has 0 unspecified atom stereocenters. The van der Waals surface area contributed by atoms with E-state index < -0.39 is 0 Å². The van der Waals surface area contributed by atoms with Crippen molar-refractivity contribution < 1.29 is 14.6 Å². The Hall–Kier alpha value is -2.76. The van der Waals surface area contributed by atoms with Crippen LogP contribution in [0.5, 0.6) is 17.4 Å². The highest BCUT2D eigenvalue weighted by atomic mass is 16.5. The van der Waals surface area contributed by atoms with E-state index in [1.807, 2.05) is 12.1 Å². The molecule has 2 heterocycles. The molecule has 3 rings (SSSR count). The minimum atomic E-state index is 0.0322. The summed E-state index contributed by atoms with van der Waals surface area (Å²) in [6, 6.07) is 8.75. The van der Waals surface area contributed by atoms with Crippen LogP contribution in [-0.4, -0.2) is 33.9 Å². The first-order valence-electron chi connectivity index (χ1n) is 5.99. The Morgan fingerprint density at radius 3 is 2.60 bits per heavy atom. The highest BCUT2D eigenvalue weighted by Gasteiger charge is 2.10. The van der Waals surface area contributed by atoms with Crippen LogP contribution in [0.1, 0.15) is 0 Å². The van der Waals surface area contributed by atoms with E-state index in [2.05, 4.69) is 10.1 Å². The van der Waals surface area contributed by atoms with Crippen molar-refractivity contribution >= 4 is 5.65 Å². The van der Waals surface area contributed by atoms with Crippen molar-refractivity contribution in [2.24, 2.45) is 0 Å². The van der Waals surface area contributed by atoms with E-state index in [1.54, 1.807) is 38.6 Å². The average molecular weight is 271 g/mol. The fourth-order valence-electron chi connectivity index (χ4n) is 2.04. The largest absolute Gasteiger partial charge is 0.493 e. The van der Waals surface area contributed by atoms with Crippen LogP contribution in [0.15, 0.2) is 36.5 Å². The van der Waals surface area contributed by atoms with Crippen LogP contribution in [0, 0.1) is 0 Å². The van der Waals surface area contributed by atoms with Crippen LogP contribution in [0.4, 0.5) is 0 Å². The average Bonchev–Trinajstić information content (AvgIpc) is 2.95. The lowest BCUT2D eigenvalue weighted by Crippen LogP contribution is -1.95. The van der Waals surface area contributed by atoms with E-state index >= 15 is 0 Å². The van der Waals surface area contributed by atoms with Crippen LogP contribution >= 0.6 is 0 Å². The predicted molar refractivity (Wildman–Crippen MR) is 73.2 cm³/mol. The highest BCUT2D eigenvalue weighted by Crippen LogP contribution is 2.32. The second kappa shape index (κ2) is 4.73. The van der Waals surface area contributed by atoms with Gasteiger partial charge in [-0.05, 0) is 18.2 Å². The van der Waals surface area contributed by atoms with Gasteiger partial charge < -0.3 is 14.6 Å². The zero-order valence-electron chi connectivity index (χ0n) is 11.1. The van der Waals surface area contributed by atoms with Gasteiger partial charge in [0.15, 0.2) is 17.1 Å². The SMILES string of the molecule is COc1ccc(-c2cc(O)n3nccc3n2)cc1OC. The predicted octanol–water partition coefficient (Wildman–Crippen LogP) is 2.12. The Kier molecular flexibility index (Phi) is 2.90. The standard InChI is InChI=1S/C14H13N3O3/c1-19-11-4-3-9(7-12(11)20-2)10-8-14(18)17-13(16-10)5-6-15-17/h3-8,18H,1-2H3. The lowest BCUT2D eigenvalue weighted by atomic mass is 10.1. The van der Waals surface area contributed by atoms with Gasteiger partial charge in [-0.15, -0.1) is 0 Å². The highest BCUT2D eigenvalue weighted by molar-refractivity contribution is 5.66. The van der Waals surface area contributed by atoms with Gasteiger partial charge in [0, 0.05) is 17.7 Å². The summed E-state index contributed by atoms with van der Waals surface area (Å²) in [6.07, 6.45) is 1.58. The maximum absolute atomic E-state index is 9.93. The molecule has 1 N–H and O–H groups in total. The molecule has 0 radical (unpaired) electrons. The van der Waals surface area contributed by atoms with Gasteiger partial charge in [-0.2, -0.15) is 9.61 Å². The van der Waals surface area contributed by atoms with Gasteiger partial charge in [0.1, 0.15) is 0 Å². The van der Waals surface area contributed by atoms with Crippen molar-refractivity contribution in [3.8, 4) is 28.6 Å². The first-order valence-corrected chi connectivity index (χ1v) is 5.99. The van der Waals surface area contributed by atoms with E-state index in [4.69, 9.17) is 9.47 Å². The summed E-state index contributed by atoms with van der Waals surface area (Å²) in [7, 11) is 3.16. The number of aromatic hydroxyl groups is 1. The van der Waals surface area contributed by atoms with Crippen molar-refractivity contribution in [2.75, 3.05) is 14.2 Å². The van der Waals surface area contributed by atoms with Crippen molar-refractivity contribution in [1.29, 1.82) is 0 Å². The first kappa shape index (κ1) is 12.3. The Morgan fingerprint density at radius 1 is 1.05 bits per heavy atom. The monoisotopic (exact) mass is 271 g/mol. The Bertz CT molecular complexity index is 767. The van der Waals surface area contributed by atoms with Gasteiger partial charge in [0.2, 0.25) is 5.88 Å². The molecule has 6 nitrogen and oxygen atoms in total. The summed E-state index contributed by atoms with van der Waals surface area (Å²) in [5.74, 6) is 1.29. The molecular weight excluding hydrogens is 258 g/mol. The molecule has 0 aliphatic carbocycles. The molecule has 6 heteroatoms. The molecule has 3 aromatic rings. The summed E-state index contributed by atoms with van der Waals surface area (Å²) in [4.78, 5) is 4.44. The number of methoxy groups -OCH3 is 2. The van der Waals surface area contributed by atoms with Gasteiger partial charge in [0.25, 0.3) is 0 Å². The summed E-state index contributed by atoms with van der Waals surface area (Å²) in [5.41, 5.74) is 2.04. The van der Waals surface area contributed by atoms with Crippen LogP contribution in [-0.2, 0) is 0 Å². The minimum Gasteiger partial charge on any atom is -0.493 e. The van der Waals surface area contributed by atoms with Crippen molar-refractivity contribution in [3.63, 3.8) is 0 Å². The molecule has 2 aromatic heterocycles. The smallest absolute Gasteiger partial charge is 0.216 e. The second-order valence-corrected chi connectivity index (χ2v) is 4.17. The summed E-state index contributed by atoms with van der Waals surface area (Å²) >= 11 is 0. The number of nitrogens with zero attached hydrogens (tertiary/aromatic N) is 3. The van der Waals surface area contributed by atoms with Crippen LogP contribution in [0.3, 0.4) is 0 Å². The molecule has 0 spiro atoms. The van der Waals surface area contributed by atoms with E-state index in [1.165, 1.54) is 4.52 Å². The zero-order valence-corrected chi connectivity index (χ0v) is 11.1. The first-order chi connectivity index (χ1) is 9.72. The van der Waals surface area contributed by atoms with Crippen LogP contribution in [0.2, 0.25) is 0 Å². The van der Waals surface area contributed by atoms with E-state index in [-0.39, 0.29) is 5.88 Å². The Morgan fingerprint density at radius 2 is 1.85 bits per heavy atom. The minimum absolute atomic E-state index is 0.0322. The quantitative estimate of drug-likeness (QED) is 0.790. The molecule has 102 valence electrons. The summed E-state index contributed by atoms with van der Waals surface area (Å²) in [6.45, 7) is 0. The molecule has 1 aromatic carbocycles. The Balaban J connectivity index is 2.14. The molecule has 0 aliphatic rings. The number of hydrogen-bond acceptors (Lipinski definition) is 5. The van der Waals surface area contributed by atoms with Gasteiger partial charge in [-0.3, -0.25) is 0 Å². The number of fused-ring (bicyclic) bond motifs is 1. The normalized spacial score (nSPS) is 10.7. The number of rotatable bonds is 3. The third-order valence-corrected chi connectivity index (χ3v) is 3.02. The van der Waals surface area contributed by atoms with Crippen LogP contribution < -0.4 is 9.47 Å².